The van der Waals surface area contributed by atoms with Gasteiger partial charge >= 0.3 is 11.9 Å². The SMILES string of the molecule is COC(=O)c1ccc(CSc2cc(C(=O)O)ccn2)cc1. The minimum absolute atomic E-state index is 0.216. The summed E-state index contributed by atoms with van der Waals surface area (Å²) in [4.78, 5) is 26.3. The molecule has 2 rings (SSSR count). The highest BCUT2D eigenvalue weighted by atomic mass is 32.2. The zero-order valence-corrected chi connectivity index (χ0v) is 12.1. The molecule has 0 amide bonds. The summed E-state index contributed by atoms with van der Waals surface area (Å²) in [6.07, 6.45) is 1.48. The first-order valence-corrected chi connectivity index (χ1v) is 7.08. The van der Waals surface area contributed by atoms with Crippen molar-refractivity contribution in [2.75, 3.05) is 7.11 Å². The van der Waals surface area contributed by atoms with Gasteiger partial charge in [-0.05, 0) is 29.8 Å². The van der Waals surface area contributed by atoms with Crippen LogP contribution in [0, 0.1) is 0 Å². The normalized spacial score (nSPS) is 10.1. The standard InChI is InChI=1S/C15H13NO4S/c1-20-15(19)11-4-2-10(3-5-11)9-21-13-8-12(14(17)18)6-7-16-13/h2-8H,9H2,1H3,(H,17,18). The predicted molar refractivity (Wildman–Crippen MR) is 78.5 cm³/mol. The molecule has 6 heteroatoms. The van der Waals surface area contributed by atoms with Gasteiger partial charge in [0, 0.05) is 11.9 Å². The molecule has 0 aliphatic carbocycles. The van der Waals surface area contributed by atoms with Crippen molar-refractivity contribution in [3.05, 3.63) is 59.3 Å². The lowest BCUT2D eigenvalue weighted by atomic mass is 10.1. The molecule has 21 heavy (non-hydrogen) atoms. The predicted octanol–water partition coefficient (Wildman–Crippen LogP) is 2.86. The van der Waals surface area contributed by atoms with Crippen molar-refractivity contribution in [2.45, 2.75) is 10.8 Å². The van der Waals surface area contributed by atoms with E-state index in [1.165, 1.54) is 37.2 Å². The fourth-order valence-corrected chi connectivity index (χ4v) is 2.49. The summed E-state index contributed by atoms with van der Waals surface area (Å²) < 4.78 is 4.63. The summed E-state index contributed by atoms with van der Waals surface area (Å²) in [5.74, 6) is -0.705. The molecule has 0 radical (unpaired) electrons. The van der Waals surface area contributed by atoms with E-state index in [-0.39, 0.29) is 11.5 Å². The number of carboxylic acids is 1. The minimum Gasteiger partial charge on any atom is -0.478 e. The van der Waals surface area contributed by atoms with Crippen LogP contribution in [0.15, 0.2) is 47.6 Å². The molecule has 0 fully saturated rings. The second kappa shape index (κ2) is 6.90. The van der Waals surface area contributed by atoms with Gasteiger partial charge in [0.1, 0.15) is 0 Å². The minimum atomic E-state index is -0.971. The Morgan fingerprint density at radius 2 is 1.90 bits per heavy atom. The fourth-order valence-electron chi connectivity index (χ4n) is 1.63. The van der Waals surface area contributed by atoms with Crippen LogP contribution in [-0.4, -0.2) is 29.1 Å². The lowest BCUT2D eigenvalue weighted by Crippen LogP contribution is -2.00. The van der Waals surface area contributed by atoms with Gasteiger partial charge in [-0.1, -0.05) is 12.1 Å². The third-order valence-corrected chi connectivity index (χ3v) is 3.74. The highest BCUT2D eigenvalue weighted by Crippen LogP contribution is 2.21. The topological polar surface area (TPSA) is 76.5 Å². The molecule has 1 aromatic carbocycles. The number of thioether (sulfide) groups is 1. The zero-order chi connectivity index (χ0) is 15.2. The number of esters is 1. The first-order valence-electron chi connectivity index (χ1n) is 6.09. The van der Waals surface area contributed by atoms with E-state index in [0.717, 1.165) is 5.56 Å². The number of hydrogen-bond acceptors (Lipinski definition) is 5. The smallest absolute Gasteiger partial charge is 0.337 e. The Kier molecular flexibility index (Phi) is 4.94. The lowest BCUT2D eigenvalue weighted by molar-refractivity contribution is 0.0599. The Morgan fingerprint density at radius 1 is 1.19 bits per heavy atom. The van der Waals surface area contributed by atoms with Crippen LogP contribution < -0.4 is 0 Å². The van der Waals surface area contributed by atoms with Crippen LogP contribution in [-0.2, 0) is 10.5 Å². The van der Waals surface area contributed by atoms with Gasteiger partial charge in [-0.2, -0.15) is 0 Å². The van der Waals surface area contributed by atoms with Crippen molar-refractivity contribution in [1.82, 2.24) is 4.98 Å². The summed E-state index contributed by atoms with van der Waals surface area (Å²) in [7, 11) is 1.34. The van der Waals surface area contributed by atoms with Gasteiger partial charge in [0.25, 0.3) is 0 Å². The molecule has 1 aromatic heterocycles. The largest absolute Gasteiger partial charge is 0.478 e. The first-order chi connectivity index (χ1) is 10.1. The molecule has 0 aliphatic heterocycles. The molecule has 0 bridgehead atoms. The summed E-state index contributed by atoms with van der Waals surface area (Å²) in [5.41, 5.74) is 1.72. The molecule has 0 unspecified atom stereocenters. The molecule has 2 aromatic rings. The molecule has 0 saturated heterocycles. The lowest BCUT2D eigenvalue weighted by Gasteiger charge is -2.04. The Morgan fingerprint density at radius 3 is 2.52 bits per heavy atom. The van der Waals surface area contributed by atoms with Crippen LogP contribution in [0.1, 0.15) is 26.3 Å². The zero-order valence-electron chi connectivity index (χ0n) is 11.3. The van der Waals surface area contributed by atoms with Crippen molar-refractivity contribution >= 4 is 23.7 Å². The highest BCUT2D eigenvalue weighted by molar-refractivity contribution is 7.98. The van der Waals surface area contributed by atoms with Gasteiger partial charge in [-0.25, -0.2) is 14.6 Å². The molecule has 0 atom stereocenters. The number of methoxy groups -OCH3 is 1. The van der Waals surface area contributed by atoms with E-state index >= 15 is 0 Å². The maximum atomic E-state index is 11.3. The Bertz CT molecular complexity index is 655. The first kappa shape index (κ1) is 15.1. The van der Waals surface area contributed by atoms with Crippen LogP contribution in [0.4, 0.5) is 0 Å². The van der Waals surface area contributed by atoms with Crippen LogP contribution >= 0.6 is 11.8 Å². The summed E-state index contributed by atoms with van der Waals surface area (Å²) >= 11 is 1.43. The number of carbonyl (C=O) groups excluding carboxylic acids is 1. The van der Waals surface area contributed by atoms with E-state index in [1.807, 2.05) is 12.1 Å². The van der Waals surface area contributed by atoms with Crippen LogP contribution in [0.5, 0.6) is 0 Å². The summed E-state index contributed by atoms with van der Waals surface area (Å²) in [5, 5.41) is 9.56. The number of benzene rings is 1. The molecular formula is C15H13NO4S. The van der Waals surface area contributed by atoms with Crippen molar-refractivity contribution in [2.24, 2.45) is 0 Å². The van der Waals surface area contributed by atoms with Gasteiger partial charge in [-0.3, -0.25) is 0 Å². The second-order valence-corrected chi connectivity index (χ2v) is 5.16. The number of hydrogen-bond donors (Lipinski definition) is 1. The van der Waals surface area contributed by atoms with E-state index in [1.54, 1.807) is 12.1 Å². The number of carbonyl (C=O) groups is 2. The quantitative estimate of drug-likeness (QED) is 0.676. The number of aromatic nitrogens is 1. The Balaban J connectivity index is 2.01. The Hall–Kier alpha value is -2.34. The van der Waals surface area contributed by atoms with Crippen LogP contribution in [0.2, 0.25) is 0 Å². The summed E-state index contributed by atoms with van der Waals surface area (Å²) in [6, 6.07) is 10.1. The molecule has 1 N–H and O–H groups in total. The number of pyridine rings is 1. The van der Waals surface area contributed by atoms with Gasteiger partial charge < -0.3 is 9.84 Å². The molecule has 1 heterocycles. The molecule has 5 nitrogen and oxygen atoms in total. The number of ether oxygens (including phenoxy) is 1. The monoisotopic (exact) mass is 303 g/mol. The second-order valence-electron chi connectivity index (χ2n) is 4.17. The third-order valence-electron chi connectivity index (χ3n) is 2.74. The molecular weight excluding hydrogens is 290 g/mol. The number of aromatic carboxylic acids is 1. The average molecular weight is 303 g/mol. The van der Waals surface area contributed by atoms with E-state index < -0.39 is 5.97 Å². The number of rotatable bonds is 5. The van der Waals surface area contributed by atoms with Crippen molar-refractivity contribution in [3.8, 4) is 0 Å². The van der Waals surface area contributed by atoms with Crippen molar-refractivity contribution in [3.63, 3.8) is 0 Å². The number of carboxylic acid groups (broad SMARTS) is 1. The van der Waals surface area contributed by atoms with E-state index in [0.29, 0.717) is 16.3 Å². The molecule has 0 saturated carbocycles. The highest BCUT2D eigenvalue weighted by Gasteiger charge is 2.06. The average Bonchev–Trinajstić information content (AvgIpc) is 2.53. The third kappa shape index (κ3) is 4.06. The Labute approximate surface area is 126 Å². The van der Waals surface area contributed by atoms with Gasteiger partial charge in [0.15, 0.2) is 0 Å². The van der Waals surface area contributed by atoms with Gasteiger partial charge in [-0.15, -0.1) is 11.8 Å². The maximum Gasteiger partial charge on any atom is 0.337 e. The molecule has 0 spiro atoms. The van der Waals surface area contributed by atoms with Crippen LogP contribution in [0.3, 0.4) is 0 Å². The fraction of sp³-hybridized carbons (Fsp3) is 0.133. The van der Waals surface area contributed by atoms with Gasteiger partial charge in [0.05, 0.1) is 23.3 Å². The van der Waals surface area contributed by atoms with Gasteiger partial charge in [0.2, 0.25) is 0 Å². The molecule has 0 aliphatic rings. The number of nitrogens with zero attached hydrogens (tertiary/aromatic N) is 1. The van der Waals surface area contributed by atoms with E-state index in [9.17, 15) is 9.59 Å². The maximum absolute atomic E-state index is 11.3. The van der Waals surface area contributed by atoms with Crippen LogP contribution in [0.25, 0.3) is 0 Å². The van der Waals surface area contributed by atoms with E-state index in [4.69, 9.17) is 5.11 Å². The molecule has 108 valence electrons. The van der Waals surface area contributed by atoms with E-state index in [2.05, 4.69) is 9.72 Å². The van der Waals surface area contributed by atoms with Crippen molar-refractivity contribution < 1.29 is 19.4 Å². The van der Waals surface area contributed by atoms with Crippen molar-refractivity contribution in [1.29, 1.82) is 0 Å². The summed E-state index contributed by atoms with van der Waals surface area (Å²) in [6.45, 7) is 0.